The quantitative estimate of drug-likeness (QED) is 0.398. The third-order valence-corrected chi connectivity index (χ3v) is 2.92. The first-order chi connectivity index (χ1) is 8.45. The van der Waals surface area contributed by atoms with Crippen LogP contribution in [0.1, 0.15) is 11.1 Å². The van der Waals surface area contributed by atoms with Gasteiger partial charge in [0.15, 0.2) is 23.3 Å². The zero-order valence-corrected chi connectivity index (χ0v) is 9.82. The summed E-state index contributed by atoms with van der Waals surface area (Å²) in [5, 5.41) is 0. The van der Waals surface area contributed by atoms with Crippen LogP contribution >= 0.6 is 0 Å². The Balaban J connectivity index is 2.85. The standard InChI is InChI=1S/C14H10F4/c1-7-5-3-4-6-9(7)10-8(2)11(15)13(17)14(18)12(10)16/h3-6H,1-2H3. The van der Waals surface area contributed by atoms with Gasteiger partial charge in [-0.05, 0) is 30.5 Å². The molecule has 0 aliphatic rings. The maximum absolute atomic E-state index is 13.8. The molecule has 0 aliphatic heterocycles. The Bertz CT molecular complexity index is 588. The number of benzene rings is 2. The molecule has 0 heterocycles. The van der Waals surface area contributed by atoms with Crippen LogP contribution in [0.2, 0.25) is 0 Å². The van der Waals surface area contributed by atoms with Crippen LogP contribution in [0.25, 0.3) is 11.1 Å². The summed E-state index contributed by atoms with van der Waals surface area (Å²) >= 11 is 0. The van der Waals surface area contributed by atoms with Gasteiger partial charge in [-0.25, -0.2) is 17.6 Å². The average molecular weight is 254 g/mol. The highest BCUT2D eigenvalue weighted by molar-refractivity contribution is 5.71. The van der Waals surface area contributed by atoms with Gasteiger partial charge in [-0.1, -0.05) is 24.3 Å². The first kappa shape index (κ1) is 12.6. The van der Waals surface area contributed by atoms with Crippen molar-refractivity contribution in [2.24, 2.45) is 0 Å². The predicted octanol–water partition coefficient (Wildman–Crippen LogP) is 4.53. The van der Waals surface area contributed by atoms with Crippen LogP contribution < -0.4 is 0 Å². The molecule has 0 amide bonds. The third-order valence-electron chi connectivity index (χ3n) is 2.92. The number of halogens is 4. The van der Waals surface area contributed by atoms with Gasteiger partial charge in [0.1, 0.15) is 0 Å². The van der Waals surface area contributed by atoms with Crippen LogP contribution in [0.4, 0.5) is 17.6 Å². The third kappa shape index (κ3) is 1.78. The van der Waals surface area contributed by atoms with Gasteiger partial charge in [0, 0.05) is 5.56 Å². The van der Waals surface area contributed by atoms with Crippen LogP contribution in [0, 0.1) is 37.1 Å². The van der Waals surface area contributed by atoms with Gasteiger partial charge in [-0.3, -0.25) is 0 Å². The Morgan fingerprint density at radius 1 is 0.722 bits per heavy atom. The van der Waals surface area contributed by atoms with Crippen molar-refractivity contribution < 1.29 is 17.6 Å². The minimum absolute atomic E-state index is 0.232. The van der Waals surface area contributed by atoms with E-state index < -0.39 is 23.3 Å². The Morgan fingerprint density at radius 2 is 1.28 bits per heavy atom. The molecule has 2 rings (SSSR count). The van der Waals surface area contributed by atoms with Crippen molar-refractivity contribution in [1.29, 1.82) is 0 Å². The number of hydrogen-bond acceptors (Lipinski definition) is 0. The number of rotatable bonds is 1. The first-order valence-corrected chi connectivity index (χ1v) is 5.33. The molecule has 94 valence electrons. The smallest absolute Gasteiger partial charge is 0.198 e. The maximum Gasteiger partial charge on any atom is 0.198 e. The Labute approximate surface area is 102 Å². The topological polar surface area (TPSA) is 0 Å². The van der Waals surface area contributed by atoms with Crippen LogP contribution in [0.5, 0.6) is 0 Å². The zero-order chi connectivity index (χ0) is 13.4. The van der Waals surface area contributed by atoms with Crippen molar-refractivity contribution in [3.8, 4) is 11.1 Å². The number of hydrogen-bond donors (Lipinski definition) is 0. The fraction of sp³-hybridized carbons (Fsp3) is 0.143. The Hall–Kier alpha value is -1.84. The molecule has 0 bridgehead atoms. The summed E-state index contributed by atoms with van der Waals surface area (Å²) in [6.45, 7) is 2.91. The summed E-state index contributed by atoms with van der Waals surface area (Å²) in [7, 11) is 0. The lowest BCUT2D eigenvalue weighted by molar-refractivity contribution is 0.408. The summed E-state index contributed by atoms with van der Waals surface area (Å²) in [6.07, 6.45) is 0. The van der Waals surface area contributed by atoms with Gasteiger partial charge in [-0.15, -0.1) is 0 Å². The van der Waals surface area contributed by atoms with E-state index in [2.05, 4.69) is 0 Å². The summed E-state index contributed by atoms with van der Waals surface area (Å²) in [6, 6.07) is 6.58. The highest BCUT2D eigenvalue weighted by atomic mass is 19.2. The molecule has 0 aromatic heterocycles. The van der Waals surface area contributed by atoms with E-state index in [1.807, 2.05) is 0 Å². The second-order valence-electron chi connectivity index (χ2n) is 4.07. The van der Waals surface area contributed by atoms with Crippen molar-refractivity contribution in [1.82, 2.24) is 0 Å². The van der Waals surface area contributed by atoms with Crippen LogP contribution in [0.15, 0.2) is 24.3 Å². The summed E-state index contributed by atoms with van der Waals surface area (Å²) < 4.78 is 53.6. The van der Waals surface area contributed by atoms with Gasteiger partial charge < -0.3 is 0 Å². The van der Waals surface area contributed by atoms with Crippen LogP contribution in [0.3, 0.4) is 0 Å². The minimum atomic E-state index is -1.78. The van der Waals surface area contributed by atoms with E-state index in [1.165, 1.54) is 13.0 Å². The van der Waals surface area contributed by atoms with Crippen molar-refractivity contribution in [2.75, 3.05) is 0 Å². The van der Waals surface area contributed by atoms with E-state index in [-0.39, 0.29) is 11.1 Å². The molecule has 0 saturated carbocycles. The molecule has 2 aromatic rings. The molecular weight excluding hydrogens is 244 g/mol. The van der Waals surface area contributed by atoms with Crippen molar-refractivity contribution in [3.63, 3.8) is 0 Å². The van der Waals surface area contributed by atoms with Gasteiger partial charge in [0.05, 0.1) is 0 Å². The SMILES string of the molecule is Cc1ccccc1-c1c(C)c(F)c(F)c(F)c1F. The van der Waals surface area contributed by atoms with Crippen LogP contribution in [-0.4, -0.2) is 0 Å². The second kappa shape index (κ2) is 4.44. The normalized spacial score (nSPS) is 10.8. The lowest BCUT2D eigenvalue weighted by Crippen LogP contribution is -2.03. The molecule has 0 radical (unpaired) electrons. The molecule has 18 heavy (non-hydrogen) atoms. The molecule has 0 unspecified atom stereocenters. The Kier molecular flexibility index (Phi) is 3.11. The summed E-state index contributed by atoms with van der Waals surface area (Å²) in [5.74, 6) is -6.27. The van der Waals surface area contributed by atoms with Gasteiger partial charge in [-0.2, -0.15) is 0 Å². The molecule has 0 spiro atoms. The lowest BCUT2D eigenvalue weighted by Gasteiger charge is -2.12. The highest BCUT2D eigenvalue weighted by Crippen LogP contribution is 2.33. The monoisotopic (exact) mass is 254 g/mol. The fourth-order valence-corrected chi connectivity index (χ4v) is 1.92. The average Bonchev–Trinajstić information content (AvgIpc) is 2.36. The van der Waals surface area contributed by atoms with Crippen molar-refractivity contribution in [2.45, 2.75) is 13.8 Å². The molecule has 0 N–H and O–H groups in total. The van der Waals surface area contributed by atoms with E-state index >= 15 is 0 Å². The molecule has 0 aliphatic carbocycles. The molecule has 0 saturated heterocycles. The first-order valence-electron chi connectivity index (χ1n) is 5.33. The number of aryl methyl sites for hydroxylation is 1. The molecular formula is C14H10F4. The zero-order valence-electron chi connectivity index (χ0n) is 9.82. The van der Waals surface area contributed by atoms with Gasteiger partial charge in [0.2, 0.25) is 0 Å². The fourth-order valence-electron chi connectivity index (χ4n) is 1.92. The lowest BCUT2D eigenvalue weighted by atomic mass is 9.95. The second-order valence-corrected chi connectivity index (χ2v) is 4.07. The van der Waals surface area contributed by atoms with Crippen LogP contribution in [-0.2, 0) is 0 Å². The summed E-state index contributed by atoms with van der Waals surface area (Å²) in [5.41, 5.74) is 0.542. The van der Waals surface area contributed by atoms with Gasteiger partial charge >= 0.3 is 0 Å². The van der Waals surface area contributed by atoms with E-state index in [0.717, 1.165) is 0 Å². The van der Waals surface area contributed by atoms with Gasteiger partial charge in [0.25, 0.3) is 0 Å². The predicted molar refractivity (Wildman–Crippen MR) is 61.2 cm³/mol. The van der Waals surface area contributed by atoms with Crippen molar-refractivity contribution >= 4 is 0 Å². The maximum atomic E-state index is 13.8. The largest absolute Gasteiger partial charge is 0.203 e. The minimum Gasteiger partial charge on any atom is -0.203 e. The molecule has 2 aromatic carbocycles. The van der Waals surface area contributed by atoms with E-state index in [4.69, 9.17) is 0 Å². The van der Waals surface area contributed by atoms with E-state index in [9.17, 15) is 17.6 Å². The van der Waals surface area contributed by atoms with E-state index in [1.54, 1.807) is 25.1 Å². The summed E-state index contributed by atoms with van der Waals surface area (Å²) in [4.78, 5) is 0. The highest BCUT2D eigenvalue weighted by Gasteiger charge is 2.24. The molecule has 0 atom stereocenters. The Morgan fingerprint density at radius 3 is 1.89 bits per heavy atom. The molecule has 4 heteroatoms. The molecule has 0 nitrogen and oxygen atoms in total. The van der Waals surface area contributed by atoms with Crippen molar-refractivity contribution in [3.05, 3.63) is 58.7 Å². The van der Waals surface area contributed by atoms with E-state index in [0.29, 0.717) is 11.1 Å². The molecule has 0 fully saturated rings.